The molecule has 5 nitrogen and oxygen atoms in total. The van der Waals surface area contributed by atoms with Gasteiger partial charge in [0.05, 0.1) is 17.9 Å². The number of hydrogen-bond acceptors (Lipinski definition) is 4. The summed E-state index contributed by atoms with van der Waals surface area (Å²) in [4.78, 5) is 15.9. The Hall–Kier alpha value is -2.40. The molecule has 3 N–H and O–H groups in total. The maximum atomic E-state index is 11.8. The van der Waals surface area contributed by atoms with Gasteiger partial charge in [-0.3, -0.25) is 4.79 Å². The van der Waals surface area contributed by atoms with Crippen LogP contribution in [0.5, 0.6) is 11.6 Å². The van der Waals surface area contributed by atoms with Gasteiger partial charge in [0.25, 0.3) is 0 Å². The van der Waals surface area contributed by atoms with Gasteiger partial charge >= 0.3 is 0 Å². The monoisotopic (exact) mass is 285 g/mol. The number of nitrogens with zero attached hydrogens (tertiary/aromatic N) is 1. The number of carbonyl (C=O) groups excluding carboxylic acids is 1. The molecule has 1 unspecified atom stereocenters. The molecule has 1 amide bonds. The molecule has 0 spiro atoms. The smallest absolute Gasteiger partial charge is 0.241 e. The minimum absolute atomic E-state index is 0.199. The van der Waals surface area contributed by atoms with Gasteiger partial charge in [-0.25, -0.2) is 4.98 Å². The van der Waals surface area contributed by atoms with Crippen molar-refractivity contribution in [2.75, 3.05) is 5.32 Å². The third kappa shape index (κ3) is 4.57. The first kappa shape index (κ1) is 15.0. The lowest BCUT2D eigenvalue weighted by Crippen LogP contribution is -2.35. The second kappa shape index (κ2) is 7.40. The van der Waals surface area contributed by atoms with Gasteiger partial charge in [0.1, 0.15) is 5.75 Å². The number of hydrogen-bond donors (Lipinski definition) is 2. The molecule has 5 heteroatoms. The molecule has 1 heterocycles. The van der Waals surface area contributed by atoms with Crippen molar-refractivity contribution in [1.29, 1.82) is 0 Å². The minimum atomic E-state index is -0.491. The van der Waals surface area contributed by atoms with Gasteiger partial charge < -0.3 is 15.8 Å². The Bertz CT molecular complexity index is 570. The first-order chi connectivity index (χ1) is 10.2. The Morgan fingerprint density at radius 3 is 2.67 bits per heavy atom. The van der Waals surface area contributed by atoms with E-state index >= 15 is 0 Å². The van der Waals surface area contributed by atoms with Crippen molar-refractivity contribution >= 4 is 11.6 Å². The lowest BCUT2D eigenvalue weighted by atomic mass is 10.1. The highest BCUT2D eigenvalue weighted by molar-refractivity contribution is 5.94. The van der Waals surface area contributed by atoms with E-state index < -0.39 is 6.04 Å². The van der Waals surface area contributed by atoms with Crippen LogP contribution in [0.1, 0.15) is 19.8 Å². The largest absolute Gasteiger partial charge is 0.439 e. The van der Waals surface area contributed by atoms with Crippen LogP contribution in [0.4, 0.5) is 5.69 Å². The average Bonchev–Trinajstić information content (AvgIpc) is 2.50. The van der Waals surface area contributed by atoms with Crippen molar-refractivity contribution in [3.63, 3.8) is 0 Å². The number of nitrogens with one attached hydrogen (secondary N) is 1. The molecule has 21 heavy (non-hydrogen) atoms. The van der Waals surface area contributed by atoms with Crippen molar-refractivity contribution in [1.82, 2.24) is 4.98 Å². The lowest BCUT2D eigenvalue weighted by Gasteiger charge is -2.11. The Morgan fingerprint density at radius 1 is 1.29 bits per heavy atom. The van der Waals surface area contributed by atoms with Gasteiger partial charge in [-0.05, 0) is 24.6 Å². The second-order valence-electron chi connectivity index (χ2n) is 4.68. The molecule has 0 aliphatic rings. The lowest BCUT2D eigenvalue weighted by molar-refractivity contribution is -0.117. The third-order valence-electron chi connectivity index (χ3n) is 2.91. The summed E-state index contributed by atoms with van der Waals surface area (Å²) in [6, 6.07) is 12.3. The maximum absolute atomic E-state index is 11.8. The standard InChI is InChI=1S/C16H19N3O2/c1-2-6-14(17)16(20)19-12-9-10-15(18-11-12)21-13-7-4-3-5-8-13/h3-5,7-11,14H,2,6,17H2,1H3,(H,19,20). The summed E-state index contributed by atoms with van der Waals surface area (Å²) in [6.07, 6.45) is 3.08. The van der Waals surface area contributed by atoms with Crippen molar-refractivity contribution in [3.05, 3.63) is 48.7 Å². The quantitative estimate of drug-likeness (QED) is 0.855. The topological polar surface area (TPSA) is 77.2 Å². The number of para-hydroxylation sites is 1. The molecule has 0 bridgehead atoms. The zero-order valence-corrected chi connectivity index (χ0v) is 12.0. The SMILES string of the molecule is CCCC(N)C(=O)Nc1ccc(Oc2ccccc2)nc1. The number of aromatic nitrogens is 1. The van der Waals surface area contributed by atoms with Crippen LogP contribution in [0.15, 0.2) is 48.7 Å². The molecule has 0 aliphatic heterocycles. The molecule has 0 fully saturated rings. The van der Waals surface area contributed by atoms with Gasteiger partial charge in [0.15, 0.2) is 0 Å². The Balaban J connectivity index is 1.94. The fraction of sp³-hybridized carbons (Fsp3) is 0.250. The summed E-state index contributed by atoms with van der Waals surface area (Å²) in [5.74, 6) is 0.985. The van der Waals surface area contributed by atoms with Gasteiger partial charge in [-0.15, -0.1) is 0 Å². The van der Waals surface area contributed by atoms with E-state index in [2.05, 4.69) is 10.3 Å². The van der Waals surface area contributed by atoms with E-state index in [0.717, 1.165) is 6.42 Å². The van der Waals surface area contributed by atoms with E-state index in [1.165, 1.54) is 0 Å². The summed E-state index contributed by atoms with van der Waals surface area (Å²) in [7, 11) is 0. The predicted molar refractivity (Wildman–Crippen MR) is 82.3 cm³/mol. The molecule has 1 aromatic carbocycles. The highest BCUT2D eigenvalue weighted by Gasteiger charge is 2.12. The summed E-state index contributed by atoms with van der Waals surface area (Å²) >= 11 is 0. The van der Waals surface area contributed by atoms with Crippen molar-refractivity contribution in [3.8, 4) is 11.6 Å². The van der Waals surface area contributed by atoms with Crippen LogP contribution in [0.2, 0.25) is 0 Å². The zero-order chi connectivity index (χ0) is 15.1. The molecule has 1 aromatic heterocycles. The molecule has 1 atom stereocenters. The Labute approximate surface area is 124 Å². The number of nitrogens with two attached hydrogens (primary N) is 1. The van der Waals surface area contributed by atoms with Gasteiger partial charge in [-0.1, -0.05) is 31.5 Å². The van der Waals surface area contributed by atoms with E-state index in [1.807, 2.05) is 37.3 Å². The van der Waals surface area contributed by atoms with Crippen molar-refractivity contribution in [2.45, 2.75) is 25.8 Å². The maximum Gasteiger partial charge on any atom is 0.241 e. The first-order valence-electron chi connectivity index (χ1n) is 6.94. The second-order valence-corrected chi connectivity index (χ2v) is 4.68. The van der Waals surface area contributed by atoms with E-state index in [0.29, 0.717) is 23.7 Å². The fourth-order valence-electron chi connectivity index (χ4n) is 1.80. The molecule has 0 saturated heterocycles. The number of ether oxygens (including phenoxy) is 1. The van der Waals surface area contributed by atoms with Crippen molar-refractivity contribution in [2.24, 2.45) is 5.73 Å². The normalized spacial score (nSPS) is 11.7. The zero-order valence-electron chi connectivity index (χ0n) is 12.0. The molecule has 0 aliphatic carbocycles. The molecule has 0 radical (unpaired) electrons. The molecular weight excluding hydrogens is 266 g/mol. The first-order valence-corrected chi connectivity index (χ1v) is 6.94. The number of amides is 1. The summed E-state index contributed by atoms with van der Waals surface area (Å²) in [5.41, 5.74) is 6.35. The fourth-order valence-corrected chi connectivity index (χ4v) is 1.80. The summed E-state index contributed by atoms with van der Waals surface area (Å²) < 4.78 is 5.58. The van der Waals surface area contributed by atoms with Crippen LogP contribution in [0, 0.1) is 0 Å². The molecule has 2 aromatic rings. The van der Waals surface area contributed by atoms with Gasteiger partial charge in [0, 0.05) is 6.07 Å². The average molecular weight is 285 g/mol. The highest BCUT2D eigenvalue weighted by atomic mass is 16.5. The Morgan fingerprint density at radius 2 is 2.05 bits per heavy atom. The van der Waals surface area contributed by atoms with Crippen LogP contribution >= 0.6 is 0 Å². The van der Waals surface area contributed by atoms with Crippen LogP contribution in [0.3, 0.4) is 0 Å². The van der Waals surface area contributed by atoms with Crippen LogP contribution < -0.4 is 15.8 Å². The van der Waals surface area contributed by atoms with Crippen LogP contribution in [0.25, 0.3) is 0 Å². The van der Waals surface area contributed by atoms with Crippen LogP contribution in [-0.2, 0) is 4.79 Å². The summed E-state index contributed by atoms with van der Waals surface area (Å²) in [5, 5.41) is 2.74. The van der Waals surface area contributed by atoms with Crippen molar-refractivity contribution < 1.29 is 9.53 Å². The minimum Gasteiger partial charge on any atom is -0.439 e. The number of rotatable bonds is 6. The molecule has 2 rings (SSSR count). The predicted octanol–water partition coefficient (Wildman–Crippen LogP) is 2.94. The van der Waals surface area contributed by atoms with E-state index in [4.69, 9.17) is 10.5 Å². The molecule has 110 valence electrons. The number of carbonyl (C=O) groups is 1. The highest BCUT2D eigenvalue weighted by Crippen LogP contribution is 2.19. The van der Waals surface area contributed by atoms with Gasteiger partial charge in [-0.2, -0.15) is 0 Å². The number of benzene rings is 1. The number of pyridine rings is 1. The van der Waals surface area contributed by atoms with E-state index in [-0.39, 0.29) is 5.91 Å². The summed E-state index contributed by atoms with van der Waals surface area (Å²) in [6.45, 7) is 1.99. The van der Waals surface area contributed by atoms with E-state index in [1.54, 1.807) is 18.3 Å². The molecular formula is C16H19N3O2. The number of anilines is 1. The van der Waals surface area contributed by atoms with Gasteiger partial charge in [0.2, 0.25) is 11.8 Å². The Kier molecular flexibility index (Phi) is 5.29. The van der Waals surface area contributed by atoms with E-state index in [9.17, 15) is 4.79 Å². The third-order valence-corrected chi connectivity index (χ3v) is 2.91. The molecule has 0 saturated carbocycles. The van der Waals surface area contributed by atoms with Crippen LogP contribution in [-0.4, -0.2) is 16.9 Å².